The second kappa shape index (κ2) is 11.7. The van der Waals surface area contributed by atoms with Gasteiger partial charge >= 0.3 is 11.8 Å². The number of carboxylic acid groups (broad SMARTS) is 1. The predicted molar refractivity (Wildman–Crippen MR) is 151 cm³/mol. The Balaban J connectivity index is 1.53. The molecule has 15 heteroatoms. The summed E-state index contributed by atoms with van der Waals surface area (Å²) < 4.78 is 0. The number of nitrogens with one attached hydrogen (secondary N) is 2. The monoisotopic (exact) mass is 575 g/mol. The fraction of sp³-hybridized carbons (Fsp3) is 0.333. The van der Waals surface area contributed by atoms with Gasteiger partial charge in [-0.2, -0.15) is 0 Å². The normalized spacial score (nSPS) is 17.1. The first-order valence-electron chi connectivity index (χ1n) is 12.0. The molecule has 1 aromatic carbocycles. The molecule has 2 atom stereocenters. The first-order chi connectivity index (χ1) is 18.5. The van der Waals surface area contributed by atoms with E-state index in [0.717, 1.165) is 5.69 Å². The maximum absolute atomic E-state index is 11.7. The molecule has 1 aliphatic rings. The second-order valence-corrected chi connectivity index (χ2v) is 9.90. The van der Waals surface area contributed by atoms with Crippen LogP contribution in [-0.4, -0.2) is 74.2 Å². The minimum atomic E-state index is -0.952. The molecule has 1 fully saturated rings. The minimum absolute atomic E-state index is 0.172. The van der Waals surface area contributed by atoms with Gasteiger partial charge in [-0.15, -0.1) is 0 Å². The first-order valence-corrected chi connectivity index (χ1v) is 12.8. The molecule has 5 N–H and O–H groups in total. The van der Waals surface area contributed by atoms with Crippen LogP contribution in [0.1, 0.15) is 13.8 Å². The molecule has 1 amide bonds. The van der Waals surface area contributed by atoms with Gasteiger partial charge in [0.25, 0.3) is 0 Å². The fourth-order valence-electron chi connectivity index (χ4n) is 4.55. The number of hydrogen-bond acceptors (Lipinski definition) is 10. The third-order valence-corrected chi connectivity index (χ3v) is 6.80. The Labute approximate surface area is 234 Å². The standard InChI is InChI=1S/C24H27Cl2N9O4/c1-13-11-33(12-14(2)34(13)24(36)37)19-10-30-23(32-21(19)16-4-3-15(25)9-17(16)26)29-8-7-28-20-6-5-18(35(38)39)22(27)31-20/h3-6,9-10,13-14H,7-8,11-12H2,1-2H3,(H,36,37)(H3,27,28,31)(H,29,30,32). The average molecular weight is 576 g/mol. The SMILES string of the molecule is CC1CN(c2cnc(NCCNc3ccc([N+](=O)[O-])c(N)n3)nc2-c2ccc(Cl)cc2Cl)CC(C)N1C(=O)O. The van der Waals surface area contributed by atoms with Crippen LogP contribution in [0.15, 0.2) is 36.5 Å². The smallest absolute Gasteiger partial charge is 0.407 e. The lowest BCUT2D eigenvalue weighted by molar-refractivity contribution is -0.384. The Morgan fingerprint density at radius 1 is 1.15 bits per heavy atom. The Bertz CT molecular complexity index is 1380. The van der Waals surface area contributed by atoms with Gasteiger partial charge in [-0.25, -0.2) is 19.7 Å². The topological polar surface area (TPSA) is 176 Å². The summed E-state index contributed by atoms with van der Waals surface area (Å²) in [5, 5.41) is 27.6. The fourth-order valence-corrected chi connectivity index (χ4v) is 5.05. The van der Waals surface area contributed by atoms with E-state index < -0.39 is 11.0 Å². The van der Waals surface area contributed by atoms with E-state index in [9.17, 15) is 20.0 Å². The number of nitrogens with two attached hydrogens (primary N) is 1. The molecular weight excluding hydrogens is 549 g/mol. The van der Waals surface area contributed by atoms with Crippen LogP contribution in [0.4, 0.5) is 33.8 Å². The lowest BCUT2D eigenvalue weighted by Gasteiger charge is -2.44. The van der Waals surface area contributed by atoms with Gasteiger partial charge in [0.05, 0.1) is 33.9 Å². The molecule has 1 saturated heterocycles. The lowest BCUT2D eigenvalue weighted by atomic mass is 10.1. The number of piperazine rings is 1. The molecule has 3 aromatic rings. The third-order valence-electron chi connectivity index (χ3n) is 6.25. The number of carbonyl (C=O) groups is 1. The van der Waals surface area contributed by atoms with E-state index in [2.05, 4.69) is 25.5 Å². The number of pyridine rings is 1. The van der Waals surface area contributed by atoms with Gasteiger partial charge in [0.1, 0.15) is 11.5 Å². The van der Waals surface area contributed by atoms with Crippen LogP contribution < -0.4 is 21.3 Å². The summed E-state index contributed by atoms with van der Waals surface area (Å²) in [6, 6.07) is 7.43. The number of hydrogen-bond donors (Lipinski definition) is 4. The van der Waals surface area contributed by atoms with Gasteiger partial charge in [0.2, 0.25) is 11.8 Å². The van der Waals surface area contributed by atoms with Crippen molar-refractivity contribution in [3.63, 3.8) is 0 Å². The molecule has 206 valence electrons. The van der Waals surface area contributed by atoms with Gasteiger partial charge in [-0.1, -0.05) is 23.2 Å². The quantitative estimate of drug-likeness (QED) is 0.169. The van der Waals surface area contributed by atoms with Crippen molar-refractivity contribution < 1.29 is 14.8 Å². The Hall–Kier alpha value is -4.10. The number of aromatic nitrogens is 3. The minimum Gasteiger partial charge on any atom is -0.465 e. The van der Waals surface area contributed by atoms with E-state index in [1.165, 1.54) is 17.0 Å². The van der Waals surface area contributed by atoms with E-state index in [0.29, 0.717) is 59.2 Å². The maximum atomic E-state index is 11.7. The number of nitro groups is 1. The number of nitrogen functional groups attached to an aromatic ring is 1. The number of anilines is 4. The predicted octanol–water partition coefficient (Wildman–Crippen LogP) is 4.44. The van der Waals surface area contributed by atoms with Crippen molar-refractivity contribution >= 4 is 58.3 Å². The molecule has 0 spiro atoms. The molecular formula is C24H27Cl2N9O4. The Kier molecular flexibility index (Phi) is 8.41. The number of benzene rings is 1. The summed E-state index contributed by atoms with van der Waals surface area (Å²) >= 11 is 12.7. The second-order valence-electron chi connectivity index (χ2n) is 9.06. The molecule has 1 aliphatic heterocycles. The van der Waals surface area contributed by atoms with Crippen LogP contribution in [0.2, 0.25) is 10.0 Å². The van der Waals surface area contributed by atoms with Crippen LogP contribution in [0.5, 0.6) is 0 Å². The largest absolute Gasteiger partial charge is 0.465 e. The number of amides is 1. The third kappa shape index (κ3) is 6.32. The lowest BCUT2D eigenvalue weighted by Crippen LogP contribution is -2.58. The molecule has 0 radical (unpaired) electrons. The molecule has 2 aromatic heterocycles. The van der Waals surface area contributed by atoms with Gasteiger partial charge in [0.15, 0.2) is 0 Å². The maximum Gasteiger partial charge on any atom is 0.407 e. The van der Waals surface area contributed by atoms with E-state index in [1.54, 1.807) is 24.4 Å². The zero-order valence-corrected chi connectivity index (χ0v) is 22.6. The van der Waals surface area contributed by atoms with Crippen LogP contribution in [0.3, 0.4) is 0 Å². The van der Waals surface area contributed by atoms with Crippen LogP contribution >= 0.6 is 23.2 Å². The van der Waals surface area contributed by atoms with Crippen LogP contribution in [0.25, 0.3) is 11.3 Å². The van der Waals surface area contributed by atoms with Gasteiger partial charge in [0, 0.05) is 42.8 Å². The molecule has 0 aliphatic carbocycles. The highest BCUT2D eigenvalue weighted by Gasteiger charge is 2.34. The number of halogens is 2. The van der Waals surface area contributed by atoms with Crippen molar-refractivity contribution in [1.82, 2.24) is 19.9 Å². The van der Waals surface area contributed by atoms with E-state index >= 15 is 0 Å². The summed E-state index contributed by atoms with van der Waals surface area (Å²) in [6.45, 7) is 5.45. The first kappa shape index (κ1) is 27.9. The van der Waals surface area contributed by atoms with E-state index in [1.807, 2.05) is 13.8 Å². The molecule has 0 saturated carbocycles. The highest BCUT2D eigenvalue weighted by atomic mass is 35.5. The average Bonchev–Trinajstić information content (AvgIpc) is 2.85. The number of nitrogens with zero attached hydrogens (tertiary/aromatic N) is 6. The van der Waals surface area contributed by atoms with Crippen molar-refractivity contribution in [2.45, 2.75) is 25.9 Å². The zero-order valence-electron chi connectivity index (χ0n) is 21.1. The molecule has 0 bridgehead atoms. The molecule has 4 rings (SSSR count). The highest BCUT2D eigenvalue weighted by Crippen LogP contribution is 2.37. The zero-order chi connectivity index (χ0) is 28.3. The van der Waals surface area contributed by atoms with Crippen molar-refractivity contribution in [2.24, 2.45) is 0 Å². The molecule has 39 heavy (non-hydrogen) atoms. The van der Waals surface area contributed by atoms with Crippen molar-refractivity contribution in [3.8, 4) is 11.3 Å². The van der Waals surface area contributed by atoms with Crippen molar-refractivity contribution in [1.29, 1.82) is 0 Å². The molecule has 13 nitrogen and oxygen atoms in total. The summed E-state index contributed by atoms with van der Waals surface area (Å²) in [4.78, 5) is 38.8. The van der Waals surface area contributed by atoms with Crippen molar-refractivity contribution in [2.75, 3.05) is 47.4 Å². The van der Waals surface area contributed by atoms with Gasteiger partial charge in [-0.05, 0) is 38.1 Å². The Morgan fingerprint density at radius 2 is 1.85 bits per heavy atom. The van der Waals surface area contributed by atoms with Crippen LogP contribution in [0, 0.1) is 10.1 Å². The summed E-state index contributed by atoms with van der Waals surface area (Å²) in [7, 11) is 0. The molecule has 3 heterocycles. The summed E-state index contributed by atoms with van der Waals surface area (Å²) in [5.41, 5.74) is 7.34. The summed E-state index contributed by atoms with van der Waals surface area (Å²) in [6.07, 6.45) is 0.740. The summed E-state index contributed by atoms with van der Waals surface area (Å²) in [5.74, 6) is 0.575. The Morgan fingerprint density at radius 3 is 2.46 bits per heavy atom. The van der Waals surface area contributed by atoms with E-state index in [4.69, 9.17) is 33.9 Å². The van der Waals surface area contributed by atoms with Crippen molar-refractivity contribution in [3.05, 3.63) is 56.7 Å². The highest BCUT2D eigenvalue weighted by molar-refractivity contribution is 6.36. The van der Waals surface area contributed by atoms with Gasteiger partial charge < -0.3 is 26.4 Å². The van der Waals surface area contributed by atoms with Crippen LogP contribution in [-0.2, 0) is 0 Å². The number of rotatable bonds is 8. The van der Waals surface area contributed by atoms with E-state index in [-0.39, 0.29) is 23.6 Å². The molecule has 2 unspecified atom stereocenters. The van der Waals surface area contributed by atoms with Gasteiger partial charge in [-0.3, -0.25) is 15.0 Å².